The largest absolute Gasteiger partial charge is 0.370 e. The van der Waals surface area contributed by atoms with E-state index in [9.17, 15) is 17.6 Å². The number of halogens is 1. The Bertz CT molecular complexity index is 1330. The number of carbonyl (C=O) groups excluding carboxylic acids is 1. The Hall–Kier alpha value is -3.11. The number of sulfonamides is 1. The molecule has 1 fully saturated rings. The number of benzene rings is 3. The third-order valence-electron chi connectivity index (χ3n) is 7.65. The first-order chi connectivity index (χ1) is 19.7. The lowest BCUT2D eigenvalue weighted by molar-refractivity contribution is -0.126. The lowest BCUT2D eigenvalue weighted by Gasteiger charge is -2.37. The zero-order chi connectivity index (χ0) is 29.2. The normalized spacial score (nSPS) is 18.4. The van der Waals surface area contributed by atoms with E-state index in [1.54, 1.807) is 30.3 Å². The van der Waals surface area contributed by atoms with Gasteiger partial charge in [0, 0.05) is 25.2 Å². The van der Waals surface area contributed by atoms with E-state index < -0.39 is 10.0 Å². The van der Waals surface area contributed by atoms with E-state index in [4.69, 9.17) is 4.74 Å². The van der Waals surface area contributed by atoms with Gasteiger partial charge in [0.15, 0.2) is 0 Å². The molecule has 0 spiro atoms. The highest BCUT2D eigenvalue weighted by molar-refractivity contribution is 7.89. The molecule has 0 bridgehead atoms. The van der Waals surface area contributed by atoms with Crippen LogP contribution in [0.2, 0.25) is 0 Å². The molecular weight excluding hydrogens is 541 g/mol. The van der Waals surface area contributed by atoms with E-state index in [-0.39, 0.29) is 55.0 Å². The second-order valence-corrected chi connectivity index (χ2v) is 12.8. The van der Waals surface area contributed by atoms with E-state index >= 15 is 0 Å². The van der Waals surface area contributed by atoms with Crippen LogP contribution in [0.5, 0.6) is 0 Å². The van der Waals surface area contributed by atoms with E-state index in [1.165, 1.54) is 16.4 Å². The van der Waals surface area contributed by atoms with Crippen LogP contribution in [0.3, 0.4) is 0 Å². The van der Waals surface area contributed by atoms with Crippen LogP contribution in [-0.4, -0.2) is 63.4 Å². The summed E-state index contributed by atoms with van der Waals surface area (Å²) in [5, 5.41) is 3.08. The van der Waals surface area contributed by atoms with Crippen molar-refractivity contribution in [3.05, 3.63) is 102 Å². The molecule has 9 heteroatoms. The molecule has 1 aliphatic rings. The van der Waals surface area contributed by atoms with Gasteiger partial charge in [-0.3, -0.25) is 4.79 Å². The van der Waals surface area contributed by atoms with Gasteiger partial charge in [-0.15, -0.1) is 0 Å². The van der Waals surface area contributed by atoms with Gasteiger partial charge >= 0.3 is 0 Å². The van der Waals surface area contributed by atoms with Crippen molar-refractivity contribution in [1.82, 2.24) is 14.5 Å². The molecule has 0 saturated heterocycles. The average Bonchev–Trinajstić information content (AvgIpc) is 2.97. The molecule has 0 aromatic heterocycles. The van der Waals surface area contributed by atoms with Gasteiger partial charge in [0.05, 0.1) is 11.5 Å². The van der Waals surface area contributed by atoms with Gasteiger partial charge in [0.25, 0.3) is 0 Å². The molecule has 1 atom stereocenters. The highest BCUT2D eigenvalue weighted by Gasteiger charge is 2.30. The molecule has 1 amide bonds. The van der Waals surface area contributed by atoms with Crippen molar-refractivity contribution >= 4 is 15.9 Å². The van der Waals surface area contributed by atoms with Gasteiger partial charge in [-0.25, -0.2) is 12.8 Å². The van der Waals surface area contributed by atoms with Crippen LogP contribution < -0.4 is 5.32 Å². The third kappa shape index (κ3) is 8.69. The molecule has 0 heterocycles. The molecule has 0 radical (unpaired) electrons. The average molecular weight is 582 g/mol. The number of ether oxygens (including phenoxy) is 1. The SMILES string of the molecule is CN(C)C(c1ccc(F)cc1)C1CCC(NC(=O)COCCN(Cc2ccccc2)S(=O)(=O)c2ccccc2)CC1. The van der Waals surface area contributed by atoms with Crippen LogP contribution in [-0.2, 0) is 26.1 Å². The van der Waals surface area contributed by atoms with Gasteiger partial charge in [0.2, 0.25) is 15.9 Å². The maximum atomic E-state index is 13.4. The van der Waals surface area contributed by atoms with Crippen LogP contribution >= 0.6 is 0 Å². The molecule has 1 aliphatic carbocycles. The Labute approximate surface area is 243 Å². The second-order valence-electron chi connectivity index (χ2n) is 10.8. The Balaban J connectivity index is 1.25. The van der Waals surface area contributed by atoms with Crippen molar-refractivity contribution < 1.29 is 22.3 Å². The highest BCUT2D eigenvalue weighted by atomic mass is 32.2. The van der Waals surface area contributed by atoms with Crippen LogP contribution in [0.4, 0.5) is 4.39 Å². The number of carbonyl (C=O) groups is 1. The molecule has 7 nitrogen and oxygen atoms in total. The Morgan fingerprint density at radius 2 is 1.54 bits per heavy atom. The standard InChI is InChI=1S/C32H40FN3O4S/c1-35(2)32(26-13-17-28(33)18-14-26)27-15-19-29(20-16-27)34-31(37)24-40-22-21-36(23-25-9-5-3-6-10-25)41(38,39)30-11-7-4-8-12-30/h3-14,17-18,27,29,32H,15-16,19-24H2,1-2H3,(H,34,37). The second kappa shape index (κ2) is 14.7. The molecule has 1 unspecified atom stereocenters. The topological polar surface area (TPSA) is 79.0 Å². The van der Waals surface area contributed by atoms with Gasteiger partial charge in [-0.2, -0.15) is 4.31 Å². The molecule has 1 N–H and O–H groups in total. The first-order valence-electron chi connectivity index (χ1n) is 14.1. The summed E-state index contributed by atoms with van der Waals surface area (Å²) in [6.45, 7) is 0.310. The van der Waals surface area contributed by atoms with Crippen molar-refractivity contribution in [1.29, 1.82) is 0 Å². The van der Waals surface area contributed by atoms with E-state index in [1.807, 2.05) is 56.6 Å². The van der Waals surface area contributed by atoms with Gasteiger partial charge in [-0.05, 0) is 81.1 Å². The van der Waals surface area contributed by atoms with E-state index in [0.717, 1.165) is 36.8 Å². The number of hydrogen-bond donors (Lipinski definition) is 1. The summed E-state index contributed by atoms with van der Waals surface area (Å²) in [5.74, 6) is -0.0136. The number of amides is 1. The summed E-state index contributed by atoms with van der Waals surface area (Å²) >= 11 is 0. The Morgan fingerprint density at radius 3 is 2.15 bits per heavy atom. The Kier molecular flexibility index (Phi) is 11.0. The maximum absolute atomic E-state index is 13.4. The summed E-state index contributed by atoms with van der Waals surface area (Å²) in [4.78, 5) is 15.0. The zero-order valence-corrected chi connectivity index (χ0v) is 24.6. The fourth-order valence-corrected chi connectivity index (χ4v) is 7.08. The van der Waals surface area contributed by atoms with Gasteiger partial charge in [-0.1, -0.05) is 60.7 Å². The fraction of sp³-hybridized carbons (Fsp3) is 0.406. The molecule has 4 rings (SSSR count). The fourth-order valence-electron chi connectivity index (χ4n) is 5.64. The molecule has 1 saturated carbocycles. The molecule has 41 heavy (non-hydrogen) atoms. The highest BCUT2D eigenvalue weighted by Crippen LogP contribution is 2.37. The predicted octanol–water partition coefficient (Wildman–Crippen LogP) is 5.01. The number of rotatable bonds is 13. The minimum atomic E-state index is -3.73. The minimum Gasteiger partial charge on any atom is -0.370 e. The Morgan fingerprint density at radius 1 is 0.927 bits per heavy atom. The van der Waals surface area contributed by atoms with Crippen LogP contribution in [0.1, 0.15) is 42.9 Å². The predicted molar refractivity (Wildman–Crippen MR) is 158 cm³/mol. The molecule has 3 aromatic rings. The third-order valence-corrected chi connectivity index (χ3v) is 9.51. The van der Waals surface area contributed by atoms with Gasteiger partial charge in [0.1, 0.15) is 12.4 Å². The van der Waals surface area contributed by atoms with Crippen molar-refractivity contribution in [3.8, 4) is 0 Å². The number of nitrogens with one attached hydrogen (secondary N) is 1. The number of nitrogens with zero attached hydrogens (tertiary/aromatic N) is 2. The summed E-state index contributed by atoms with van der Waals surface area (Å²) < 4.78 is 47.1. The minimum absolute atomic E-state index is 0.0754. The summed E-state index contributed by atoms with van der Waals surface area (Å²) in [6.07, 6.45) is 3.64. The van der Waals surface area contributed by atoms with Crippen molar-refractivity contribution in [2.24, 2.45) is 5.92 Å². The molecule has 0 aliphatic heterocycles. The summed E-state index contributed by atoms with van der Waals surface area (Å²) in [5.41, 5.74) is 1.98. The molecule has 220 valence electrons. The number of hydrogen-bond acceptors (Lipinski definition) is 5. The summed E-state index contributed by atoms with van der Waals surface area (Å²) in [6, 6.07) is 24.8. The van der Waals surface area contributed by atoms with E-state index in [0.29, 0.717) is 5.92 Å². The van der Waals surface area contributed by atoms with E-state index in [2.05, 4.69) is 10.2 Å². The lowest BCUT2D eigenvalue weighted by Crippen LogP contribution is -2.41. The molecule has 3 aromatic carbocycles. The maximum Gasteiger partial charge on any atom is 0.246 e. The van der Waals surface area contributed by atoms with Crippen LogP contribution in [0, 0.1) is 11.7 Å². The van der Waals surface area contributed by atoms with Crippen molar-refractivity contribution in [3.63, 3.8) is 0 Å². The quantitative estimate of drug-likeness (QED) is 0.287. The lowest BCUT2D eigenvalue weighted by atomic mass is 9.78. The first kappa shape index (κ1) is 30.8. The first-order valence-corrected chi connectivity index (χ1v) is 15.6. The van der Waals surface area contributed by atoms with Gasteiger partial charge < -0.3 is 15.0 Å². The smallest absolute Gasteiger partial charge is 0.246 e. The zero-order valence-electron chi connectivity index (χ0n) is 23.8. The summed E-state index contributed by atoms with van der Waals surface area (Å²) in [7, 11) is 0.361. The molecular formula is C32H40FN3O4S. The van der Waals surface area contributed by atoms with Crippen molar-refractivity contribution in [2.45, 2.75) is 49.2 Å². The van der Waals surface area contributed by atoms with Crippen molar-refractivity contribution in [2.75, 3.05) is 33.9 Å². The van der Waals surface area contributed by atoms with Crippen LogP contribution in [0.25, 0.3) is 0 Å². The monoisotopic (exact) mass is 581 g/mol. The van der Waals surface area contributed by atoms with Crippen LogP contribution in [0.15, 0.2) is 89.8 Å².